The number of nitrogens with one attached hydrogen (secondary N) is 2. The Morgan fingerprint density at radius 1 is 1.06 bits per heavy atom. The largest absolute Gasteiger partial charge is 0.317 e. The lowest BCUT2D eigenvalue weighted by atomic mass is 9.93. The van der Waals surface area contributed by atoms with Gasteiger partial charge in [-0.1, -0.05) is 27.7 Å². The topological polar surface area (TPSA) is 24.1 Å². The van der Waals surface area contributed by atoms with Crippen molar-refractivity contribution in [1.82, 2.24) is 10.6 Å². The molecule has 2 heteroatoms. The predicted molar refractivity (Wildman–Crippen MR) is 74.2 cm³/mol. The van der Waals surface area contributed by atoms with Crippen molar-refractivity contribution < 1.29 is 0 Å². The third-order valence-electron chi connectivity index (χ3n) is 5.62. The van der Waals surface area contributed by atoms with Gasteiger partial charge >= 0.3 is 0 Å². The van der Waals surface area contributed by atoms with E-state index in [1.165, 1.54) is 45.3 Å². The summed E-state index contributed by atoms with van der Waals surface area (Å²) in [6.07, 6.45) is 5.55. The Morgan fingerprint density at radius 3 is 2.18 bits per heavy atom. The molecular formula is C15H30N2. The average Bonchev–Trinajstić information content (AvgIpc) is 2.67. The molecule has 0 atom stereocenters. The van der Waals surface area contributed by atoms with Crippen LogP contribution in [0, 0.1) is 16.7 Å². The Balaban J connectivity index is 1.58. The number of hydrogen-bond acceptors (Lipinski definition) is 2. The molecule has 0 bridgehead atoms. The Bertz CT molecular complexity index is 238. The lowest BCUT2D eigenvalue weighted by Gasteiger charge is -2.22. The molecule has 2 nitrogen and oxygen atoms in total. The lowest BCUT2D eigenvalue weighted by molar-refractivity contribution is 0.343. The maximum absolute atomic E-state index is 3.76. The molecule has 0 aromatic rings. The molecule has 1 heterocycles. The van der Waals surface area contributed by atoms with Gasteiger partial charge in [-0.05, 0) is 62.1 Å². The monoisotopic (exact) mass is 238 g/mol. The molecule has 2 fully saturated rings. The standard InChI is InChI=1S/C15H30N2/c1-14(2)13(15(14,3)4)17-9-5-6-12-7-10-16-11-8-12/h12-13,16-17H,5-11H2,1-4H3. The Labute approximate surface area is 107 Å². The maximum atomic E-state index is 3.76. The van der Waals surface area contributed by atoms with E-state index in [1.807, 2.05) is 0 Å². The van der Waals surface area contributed by atoms with Gasteiger partial charge in [0.15, 0.2) is 0 Å². The lowest BCUT2D eigenvalue weighted by Crippen LogP contribution is -2.29. The molecule has 1 aliphatic heterocycles. The Hall–Kier alpha value is -0.0800. The van der Waals surface area contributed by atoms with E-state index < -0.39 is 0 Å². The third kappa shape index (κ3) is 2.68. The van der Waals surface area contributed by atoms with Crippen molar-refractivity contribution in [3.8, 4) is 0 Å². The zero-order valence-electron chi connectivity index (χ0n) is 12.1. The molecule has 100 valence electrons. The van der Waals surface area contributed by atoms with Gasteiger partial charge < -0.3 is 10.6 Å². The van der Waals surface area contributed by atoms with Crippen molar-refractivity contribution in [1.29, 1.82) is 0 Å². The minimum Gasteiger partial charge on any atom is -0.317 e. The second kappa shape index (κ2) is 4.89. The van der Waals surface area contributed by atoms with Gasteiger partial charge in [0.2, 0.25) is 0 Å². The molecule has 0 aromatic heterocycles. The van der Waals surface area contributed by atoms with Crippen LogP contribution in [-0.4, -0.2) is 25.7 Å². The fraction of sp³-hybridized carbons (Fsp3) is 1.00. The number of hydrogen-bond donors (Lipinski definition) is 2. The fourth-order valence-corrected chi connectivity index (χ4v) is 3.51. The summed E-state index contributed by atoms with van der Waals surface area (Å²) in [6.45, 7) is 13.2. The van der Waals surface area contributed by atoms with Crippen molar-refractivity contribution in [2.24, 2.45) is 16.7 Å². The maximum Gasteiger partial charge on any atom is 0.0181 e. The highest BCUT2D eigenvalue weighted by Crippen LogP contribution is 2.62. The molecule has 0 unspecified atom stereocenters. The van der Waals surface area contributed by atoms with E-state index in [4.69, 9.17) is 0 Å². The molecule has 2 N–H and O–H groups in total. The summed E-state index contributed by atoms with van der Waals surface area (Å²) < 4.78 is 0. The number of rotatable bonds is 5. The highest BCUT2D eigenvalue weighted by atomic mass is 15.0. The summed E-state index contributed by atoms with van der Waals surface area (Å²) in [6, 6.07) is 0.725. The average molecular weight is 238 g/mol. The van der Waals surface area contributed by atoms with Gasteiger partial charge in [-0.2, -0.15) is 0 Å². The van der Waals surface area contributed by atoms with E-state index in [-0.39, 0.29) is 0 Å². The van der Waals surface area contributed by atoms with Crippen LogP contribution in [0.5, 0.6) is 0 Å². The van der Waals surface area contributed by atoms with Gasteiger partial charge in [0, 0.05) is 6.04 Å². The van der Waals surface area contributed by atoms with Crippen LogP contribution >= 0.6 is 0 Å². The quantitative estimate of drug-likeness (QED) is 0.720. The first-order valence-corrected chi connectivity index (χ1v) is 7.40. The summed E-state index contributed by atoms with van der Waals surface area (Å²) >= 11 is 0. The molecule has 0 aromatic carbocycles. The summed E-state index contributed by atoms with van der Waals surface area (Å²) in [5.41, 5.74) is 0.976. The van der Waals surface area contributed by atoms with Gasteiger partial charge in [0.25, 0.3) is 0 Å². The molecule has 0 amide bonds. The highest BCUT2D eigenvalue weighted by Gasteiger charge is 2.64. The normalized spacial score (nSPS) is 28.2. The van der Waals surface area contributed by atoms with Crippen LogP contribution in [0.2, 0.25) is 0 Å². The third-order valence-corrected chi connectivity index (χ3v) is 5.62. The van der Waals surface area contributed by atoms with Gasteiger partial charge in [0.1, 0.15) is 0 Å². The first kappa shape index (κ1) is 13.4. The molecule has 1 saturated carbocycles. The van der Waals surface area contributed by atoms with E-state index in [1.54, 1.807) is 0 Å². The van der Waals surface area contributed by atoms with Crippen molar-refractivity contribution in [2.45, 2.75) is 59.4 Å². The Kier molecular flexibility index (Phi) is 3.84. The number of piperidine rings is 1. The molecule has 0 radical (unpaired) electrons. The zero-order chi connectivity index (χ0) is 12.5. The molecule has 1 aliphatic carbocycles. The van der Waals surface area contributed by atoms with Gasteiger partial charge in [-0.3, -0.25) is 0 Å². The van der Waals surface area contributed by atoms with Crippen LogP contribution in [-0.2, 0) is 0 Å². The summed E-state index contributed by atoms with van der Waals surface area (Å²) in [4.78, 5) is 0. The van der Waals surface area contributed by atoms with Crippen LogP contribution in [0.25, 0.3) is 0 Å². The molecule has 0 spiro atoms. The first-order chi connectivity index (χ1) is 7.96. The van der Waals surface area contributed by atoms with Crippen LogP contribution in [0.15, 0.2) is 0 Å². The van der Waals surface area contributed by atoms with Gasteiger partial charge in [-0.15, -0.1) is 0 Å². The highest BCUT2D eigenvalue weighted by molar-refractivity contribution is 5.17. The summed E-state index contributed by atoms with van der Waals surface area (Å²) in [5.74, 6) is 0.985. The minimum atomic E-state index is 0.488. The van der Waals surface area contributed by atoms with Crippen molar-refractivity contribution in [2.75, 3.05) is 19.6 Å². The second-order valence-corrected chi connectivity index (χ2v) is 7.17. The molecule has 2 rings (SSSR count). The fourth-order valence-electron chi connectivity index (χ4n) is 3.51. The van der Waals surface area contributed by atoms with Gasteiger partial charge in [0.05, 0.1) is 0 Å². The van der Waals surface area contributed by atoms with Crippen LogP contribution in [0.4, 0.5) is 0 Å². The van der Waals surface area contributed by atoms with E-state index in [2.05, 4.69) is 38.3 Å². The van der Waals surface area contributed by atoms with Gasteiger partial charge in [-0.25, -0.2) is 0 Å². The second-order valence-electron chi connectivity index (χ2n) is 7.17. The van der Waals surface area contributed by atoms with E-state index in [9.17, 15) is 0 Å². The van der Waals surface area contributed by atoms with Crippen LogP contribution in [0.1, 0.15) is 53.4 Å². The van der Waals surface area contributed by atoms with E-state index in [0.717, 1.165) is 12.0 Å². The molecule has 2 aliphatic rings. The Morgan fingerprint density at radius 2 is 1.65 bits per heavy atom. The predicted octanol–water partition coefficient (Wildman–Crippen LogP) is 2.79. The van der Waals surface area contributed by atoms with Crippen molar-refractivity contribution in [3.63, 3.8) is 0 Å². The first-order valence-electron chi connectivity index (χ1n) is 7.40. The van der Waals surface area contributed by atoms with Crippen LogP contribution in [0.3, 0.4) is 0 Å². The SMILES string of the molecule is CC1(C)C(NCCCC2CCNCC2)C1(C)C. The molecule has 17 heavy (non-hydrogen) atoms. The van der Waals surface area contributed by atoms with E-state index in [0.29, 0.717) is 10.8 Å². The summed E-state index contributed by atoms with van der Waals surface area (Å²) in [5, 5.41) is 7.20. The summed E-state index contributed by atoms with van der Waals surface area (Å²) in [7, 11) is 0. The van der Waals surface area contributed by atoms with Crippen molar-refractivity contribution in [3.05, 3.63) is 0 Å². The van der Waals surface area contributed by atoms with Crippen molar-refractivity contribution >= 4 is 0 Å². The molecule has 1 saturated heterocycles. The molecular weight excluding hydrogens is 208 g/mol. The zero-order valence-corrected chi connectivity index (χ0v) is 12.1. The van der Waals surface area contributed by atoms with Crippen LogP contribution < -0.4 is 10.6 Å². The van der Waals surface area contributed by atoms with E-state index >= 15 is 0 Å². The smallest absolute Gasteiger partial charge is 0.0181 e. The minimum absolute atomic E-state index is 0.488.